The number of aryl methyl sites for hydroxylation is 1. The number of hydrogen-bond donors (Lipinski definition) is 0. The number of amides is 1. The van der Waals surface area contributed by atoms with E-state index in [0.29, 0.717) is 24.6 Å². The zero-order valence-corrected chi connectivity index (χ0v) is 15.2. The smallest absolute Gasteiger partial charge is 0.260 e. The van der Waals surface area contributed by atoms with Gasteiger partial charge in [0.15, 0.2) is 6.73 Å². The van der Waals surface area contributed by atoms with Gasteiger partial charge in [-0.1, -0.05) is 30.3 Å². The molecule has 5 heteroatoms. The molecule has 0 spiro atoms. The van der Waals surface area contributed by atoms with E-state index in [4.69, 9.17) is 4.74 Å². The third kappa shape index (κ3) is 3.40. The van der Waals surface area contributed by atoms with Crippen LogP contribution in [0.5, 0.6) is 5.75 Å². The summed E-state index contributed by atoms with van der Waals surface area (Å²) in [5, 5.41) is 0. The van der Waals surface area contributed by atoms with Gasteiger partial charge in [0, 0.05) is 45.0 Å². The molecule has 0 aliphatic carbocycles. The molecule has 0 N–H and O–H groups in total. The number of para-hydroxylation sites is 2. The second-order valence-corrected chi connectivity index (χ2v) is 6.95. The molecular formula is C21H25N3O2. The van der Waals surface area contributed by atoms with Crippen molar-refractivity contribution < 1.29 is 9.53 Å². The van der Waals surface area contributed by atoms with Gasteiger partial charge in [0.1, 0.15) is 5.75 Å². The van der Waals surface area contributed by atoms with E-state index in [9.17, 15) is 4.79 Å². The van der Waals surface area contributed by atoms with E-state index in [1.165, 1.54) is 11.3 Å². The molecule has 0 saturated carbocycles. The van der Waals surface area contributed by atoms with Gasteiger partial charge in [0.2, 0.25) is 0 Å². The monoisotopic (exact) mass is 351 g/mol. The molecule has 4 rings (SSSR count). The number of carbonyl (C=O) groups is 1. The third-order valence-corrected chi connectivity index (χ3v) is 5.30. The highest BCUT2D eigenvalue weighted by Crippen LogP contribution is 2.24. The molecular weight excluding hydrogens is 326 g/mol. The first-order valence-electron chi connectivity index (χ1n) is 9.26. The highest BCUT2D eigenvalue weighted by Gasteiger charge is 2.26. The lowest BCUT2D eigenvalue weighted by atomic mass is 10.1. The molecule has 5 nitrogen and oxygen atoms in total. The summed E-state index contributed by atoms with van der Waals surface area (Å²) in [6, 6.07) is 16.0. The predicted octanol–water partition coefficient (Wildman–Crippen LogP) is 2.61. The Kier molecular flexibility index (Phi) is 4.80. The van der Waals surface area contributed by atoms with Crippen LogP contribution in [0.1, 0.15) is 15.9 Å². The second kappa shape index (κ2) is 7.38. The molecule has 0 unspecified atom stereocenters. The van der Waals surface area contributed by atoms with Crippen LogP contribution in [0.25, 0.3) is 0 Å². The Morgan fingerprint density at radius 3 is 2.46 bits per heavy atom. The molecule has 0 radical (unpaired) electrons. The molecule has 0 bridgehead atoms. The minimum absolute atomic E-state index is 0.0744. The summed E-state index contributed by atoms with van der Waals surface area (Å²) in [6.45, 7) is 8.20. The zero-order chi connectivity index (χ0) is 17.9. The minimum Gasteiger partial charge on any atom is -0.472 e. The Morgan fingerprint density at radius 1 is 0.923 bits per heavy atom. The molecule has 136 valence electrons. The van der Waals surface area contributed by atoms with Gasteiger partial charge in [0.25, 0.3) is 5.91 Å². The summed E-state index contributed by atoms with van der Waals surface area (Å²) in [4.78, 5) is 19.3. The van der Waals surface area contributed by atoms with Crippen molar-refractivity contribution in [3.63, 3.8) is 0 Å². The number of nitrogens with zero attached hydrogens (tertiary/aromatic N) is 3. The molecule has 1 amide bonds. The molecule has 2 aliphatic rings. The number of piperazine rings is 1. The quantitative estimate of drug-likeness (QED) is 0.848. The van der Waals surface area contributed by atoms with Gasteiger partial charge < -0.3 is 14.5 Å². The molecule has 1 fully saturated rings. The standard InChI is InChI=1S/C21H25N3O2/c1-17-6-2-4-8-19(17)23-13-10-22(11-14-23)12-15-24-16-26-20-9-5-3-7-18(20)21(24)25/h2-9H,10-16H2,1H3. The first-order chi connectivity index (χ1) is 12.7. The second-order valence-electron chi connectivity index (χ2n) is 6.95. The average Bonchev–Trinajstić information content (AvgIpc) is 2.69. The maximum atomic E-state index is 12.6. The Hall–Kier alpha value is -2.53. The van der Waals surface area contributed by atoms with Gasteiger partial charge >= 0.3 is 0 Å². The fraction of sp³-hybridized carbons (Fsp3) is 0.381. The van der Waals surface area contributed by atoms with Gasteiger partial charge in [-0.25, -0.2) is 0 Å². The Labute approximate surface area is 154 Å². The Bertz CT molecular complexity index is 784. The molecule has 1 saturated heterocycles. The van der Waals surface area contributed by atoms with Crippen molar-refractivity contribution >= 4 is 11.6 Å². The number of fused-ring (bicyclic) bond motifs is 1. The number of hydrogen-bond acceptors (Lipinski definition) is 4. The topological polar surface area (TPSA) is 36.0 Å². The summed E-state index contributed by atoms with van der Waals surface area (Å²) in [7, 11) is 0. The van der Waals surface area contributed by atoms with E-state index in [-0.39, 0.29) is 5.91 Å². The lowest BCUT2D eigenvalue weighted by molar-refractivity contribution is 0.0488. The zero-order valence-electron chi connectivity index (χ0n) is 15.2. The maximum absolute atomic E-state index is 12.6. The van der Waals surface area contributed by atoms with E-state index in [1.54, 1.807) is 4.90 Å². The van der Waals surface area contributed by atoms with Crippen LogP contribution in [0.4, 0.5) is 5.69 Å². The summed E-state index contributed by atoms with van der Waals surface area (Å²) in [5.74, 6) is 0.769. The summed E-state index contributed by atoms with van der Waals surface area (Å²) >= 11 is 0. The van der Waals surface area contributed by atoms with Crippen molar-refractivity contribution in [3.8, 4) is 5.75 Å². The normalized spacial score (nSPS) is 17.8. The molecule has 2 aromatic rings. The van der Waals surface area contributed by atoms with E-state index in [0.717, 1.165) is 32.7 Å². The highest BCUT2D eigenvalue weighted by molar-refractivity contribution is 5.97. The lowest BCUT2D eigenvalue weighted by Gasteiger charge is -2.38. The fourth-order valence-corrected chi connectivity index (χ4v) is 3.70. The van der Waals surface area contributed by atoms with E-state index < -0.39 is 0 Å². The molecule has 2 aromatic carbocycles. The van der Waals surface area contributed by atoms with E-state index in [1.807, 2.05) is 24.3 Å². The maximum Gasteiger partial charge on any atom is 0.260 e. The van der Waals surface area contributed by atoms with Crippen LogP contribution in [-0.2, 0) is 0 Å². The Balaban J connectivity index is 1.29. The highest BCUT2D eigenvalue weighted by atomic mass is 16.5. The fourth-order valence-electron chi connectivity index (χ4n) is 3.70. The van der Waals surface area contributed by atoms with Gasteiger partial charge in [-0.05, 0) is 30.7 Å². The molecule has 26 heavy (non-hydrogen) atoms. The first kappa shape index (κ1) is 16.9. The van der Waals surface area contributed by atoms with Crippen LogP contribution in [0, 0.1) is 6.92 Å². The molecule has 0 aromatic heterocycles. The van der Waals surface area contributed by atoms with Gasteiger partial charge in [-0.2, -0.15) is 0 Å². The van der Waals surface area contributed by atoms with Crippen LogP contribution >= 0.6 is 0 Å². The van der Waals surface area contributed by atoms with Crippen molar-refractivity contribution in [1.29, 1.82) is 0 Å². The van der Waals surface area contributed by atoms with Crippen molar-refractivity contribution in [3.05, 3.63) is 59.7 Å². The van der Waals surface area contributed by atoms with Gasteiger partial charge in [-0.3, -0.25) is 9.69 Å². The van der Waals surface area contributed by atoms with Crippen molar-refractivity contribution in [2.45, 2.75) is 6.92 Å². The van der Waals surface area contributed by atoms with Gasteiger partial charge in [-0.15, -0.1) is 0 Å². The van der Waals surface area contributed by atoms with Crippen LogP contribution in [0.3, 0.4) is 0 Å². The third-order valence-electron chi connectivity index (χ3n) is 5.30. The van der Waals surface area contributed by atoms with Crippen molar-refractivity contribution in [2.24, 2.45) is 0 Å². The number of anilines is 1. The molecule has 2 aliphatic heterocycles. The van der Waals surface area contributed by atoms with Crippen molar-refractivity contribution in [1.82, 2.24) is 9.80 Å². The largest absolute Gasteiger partial charge is 0.472 e. The lowest BCUT2D eigenvalue weighted by Crippen LogP contribution is -2.50. The summed E-state index contributed by atoms with van der Waals surface area (Å²) < 4.78 is 5.71. The van der Waals surface area contributed by atoms with Crippen LogP contribution in [0.2, 0.25) is 0 Å². The van der Waals surface area contributed by atoms with Gasteiger partial charge in [0.05, 0.1) is 5.56 Å². The minimum atomic E-state index is 0.0744. The molecule has 2 heterocycles. The Morgan fingerprint density at radius 2 is 1.65 bits per heavy atom. The number of carbonyl (C=O) groups excluding carboxylic acids is 1. The molecule has 0 atom stereocenters. The summed E-state index contributed by atoms with van der Waals surface area (Å²) in [6.07, 6.45) is 0. The average molecular weight is 351 g/mol. The van der Waals surface area contributed by atoms with Crippen LogP contribution in [-0.4, -0.2) is 61.7 Å². The number of rotatable bonds is 4. The van der Waals surface area contributed by atoms with Crippen LogP contribution in [0.15, 0.2) is 48.5 Å². The SMILES string of the molecule is Cc1ccccc1N1CCN(CCN2COc3ccccc3C2=O)CC1. The number of benzene rings is 2. The van der Waals surface area contributed by atoms with E-state index in [2.05, 4.69) is 41.0 Å². The predicted molar refractivity (Wildman–Crippen MR) is 103 cm³/mol. The van der Waals surface area contributed by atoms with E-state index >= 15 is 0 Å². The van der Waals surface area contributed by atoms with Crippen LogP contribution < -0.4 is 9.64 Å². The van der Waals surface area contributed by atoms with Crippen molar-refractivity contribution in [2.75, 3.05) is 50.9 Å². The summed E-state index contributed by atoms with van der Waals surface area (Å²) in [5.41, 5.74) is 3.34. The number of ether oxygens (including phenoxy) is 1. The first-order valence-corrected chi connectivity index (χ1v) is 9.26.